The molecule has 0 spiro atoms. The molecule has 4 aromatic rings. The molecule has 0 bridgehead atoms. The van der Waals surface area contributed by atoms with Crippen LogP contribution >= 0.6 is 18.5 Å². The predicted molar refractivity (Wildman–Crippen MR) is 88.6 cm³/mol. The Morgan fingerprint density at radius 3 is 1.65 bits per heavy atom. The zero-order valence-corrected chi connectivity index (χ0v) is 12.2. The van der Waals surface area contributed by atoms with Crippen molar-refractivity contribution in [2.24, 2.45) is 0 Å². The Hall–Kier alpha value is -1.76. The summed E-state index contributed by atoms with van der Waals surface area (Å²) in [4.78, 5) is 6.60. The number of hydrogen-bond acceptors (Lipinski definition) is 0. The normalized spacial score (nSPS) is 11.7. The average molecular weight is 299 g/mol. The fraction of sp³-hybridized carbons (Fsp3) is 0. The second-order valence-electron chi connectivity index (χ2n) is 4.72. The molecule has 0 atom stereocenters. The Labute approximate surface area is 122 Å². The molecule has 0 unspecified atom stereocenters. The Balaban J connectivity index is 1.90. The van der Waals surface area contributed by atoms with Crippen LogP contribution in [-0.2, 0) is 0 Å². The number of H-pyrrole nitrogens is 2. The third-order valence-electron chi connectivity index (χ3n) is 3.56. The van der Waals surface area contributed by atoms with Gasteiger partial charge in [-0.2, -0.15) is 0 Å². The third-order valence-corrected chi connectivity index (χ3v) is 6.24. The molecule has 0 aliphatic heterocycles. The standard InChI is InChI=1S/C16H12ClN2P/c17-20(15-9-18-13-7-3-1-5-11(13)15)16-10-19-14-8-4-2-6-12(14)16/h1-10,18-19H. The lowest BCUT2D eigenvalue weighted by Gasteiger charge is -2.07. The van der Waals surface area contributed by atoms with Crippen molar-refractivity contribution < 1.29 is 0 Å². The van der Waals surface area contributed by atoms with Crippen LogP contribution in [0.3, 0.4) is 0 Å². The van der Waals surface area contributed by atoms with Gasteiger partial charge in [-0.1, -0.05) is 47.6 Å². The SMILES string of the molecule is ClP(c1c[nH]c2ccccc12)c1c[nH]c2ccccc12. The first-order valence-electron chi connectivity index (χ1n) is 6.43. The molecule has 0 radical (unpaired) electrons. The minimum atomic E-state index is -0.887. The first-order chi connectivity index (χ1) is 9.84. The monoisotopic (exact) mass is 298 g/mol. The van der Waals surface area contributed by atoms with Crippen molar-refractivity contribution in [3.05, 3.63) is 60.9 Å². The van der Waals surface area contributed by atoms with Crippen molar-refractivity contribution in [3.8, 4) is 0 Å². The number of hydrogen-bond donors (Lipinski definition) is 2. The van der Waals surface area contributed by atoms with Crippen LogP contribution in [0.15, 0.2) is 60.9 Å². The van der Waals surface area contributed by atoms with Gasteiger partial charge in [0, 0.05) is 44.8 Å². The quantitative estimate of drug-likeness (QED) is 0.519. The Bertz CT molecular complexity index is 819. The lowest BCUT2D eigenvalue weighted by Crippen LogP contribution is -2.05. The van der Waals surface area contributed by atoms with E-state index in [-0.39, 0.29) is 0 Å². The first-order valence-corrected chi connectivity index (χ1v) is 8.67. The molecule has 0 aliphatic carbocycles. The van der Waals surface area contributed by atoms with E-state index in [0.717, 1.165) is 11.0 Å². The van der Waals surface area contributed by atoms with Crippen molar-refractivity contribution in [1.29, 1.82) is 0 Å². The van der Waals surface area contributed by atoms with Crippen molar-refractivity contribution in [2.75, 3.05) is 0 Å². The van der Waals surface area contributed by atoms with Gasteiger partial charge in [-0.15, -0.1) is 0 Å². The van der Waals surface area contributed by atoms with E-state index >= 15 is 0 Å². The number of nitrogens with one attached hydrogen (secondary N) is 2. The van der Waals surface area contributed by atoms with Gasteiger partial charge in [-0.05, 0) is 12.1 Å². The summed E-state index contributed by atoms with van der Waals surface area (Å²) in [6.45, 7) is 0. The highest BCUT2D eigenvalue weighted by atomic mass is 35.7. The van der Waals surface area contributed by atoms with Crippen LogP contribution in [0, 0.1) is 0 Å². The molecule has 2 heterocycles. The number of aromatic amines is 2. The molecule has 0 fully saturated rings. The molecule has 2 N–H and O–H groups in total. The first kappa shape index (κ1) is 12.0. The third kappa shape index (κ3) is 1.76. The molecule has 4 heteroatoms. The zero-order chi connectivity index (χ0) is 13.5. The number of fused-ring (bicyclic) bond motifs is 2. The Morgan fingerprint density at radius 1 is 0.700 bits per heavy atom. The lowest BCUT2D eigenvalue weighted by molar-refractivity contribution is 1.48. The van der Waals surface area contributed by atoms with Gasteiger partial charge in [0.1, 0.15) is 0 Å². The summed E-state index contributed by atoms with van der Waals surface area (Å²) in [6, 6.07) is 16.6. The number of para-hydroxylation sites is 2. The summed E-state index contributed by atoms with van der Waals surface area (Å²) in [5.74, 6) is 0. The van der Waals surface area contributed by atoms with Gasteiger partial charge in [-0.25, -0.2) is 0 Å². The van der Waals surface area contributed by atoms with Crippen LogP contribution in [0.2, 0.25) is 0 Å². The molecule has 2 aromatic carbocycles. The average Bonchev–Trinajstić information content (AvgIpc) is 3.11. The van der Waals surface area contributed by atoms with Crippen LogP contribution in [0.25, 0.3) is 21.8 Å². The summed E-state index contributed by atoms with van der Waals surface area (Å²) in [7, 11) is -0.887. The summed E-state index contributed by atoms with van der Waals surface area (Å²) in [6.07, 6.45) is 4.07. The van der Waals surface area contributed by atoms with E-state index in [4.69, 9.17) is 11.2 Å². The van der Waals surface area contributed by atoms with Crippen LogP contribution < -0.4 is 10.6 Å². The van der Waals surface area contributed by atoms with Crippen molar-refractivity contribution in [3.63, 3.8) is 0 Å². The van der Waals surface area contributed by atoms with Gasteiger partial charge in [0.05, 0.1) is 7.27 Å². The smallest absolute Gasteiger partial charge is 0.0567 e. The molecule has 0 saturated heterocycles. The molecule has 20 heavy (non-hydrogen) atoms. The van der Waals surface area contributed by atoms with E-state index in [1.165, 1.54) is 21.4 Å². The summed E-state index contributed by atoms with van der Waals surface area (Å²) in [5.41, 5.74) is 2.27. The largest absolute Gasteiger partial charge is 0.360 e. The van der Waals surface area contributed by atoms with Gasteiger partial charge in [0.2, 0.25) is 0 Å². The Morgan fingerprint density at radius 2 is 1.15 bits per heavy atom. The second-order valence-corrected chi connectivity index (χ2v) is 7.26. The molecule has 2 aromatic heterocycles. The number of halogens is 1. The van der Waals surface area contributed by atoms with Gasteiger partial charge in [0.25, 0.3) is 0 Å². The topological polar surface area (TPSA) is 31.6 Å². The minimum Gasteiger partial charge on any atom is -0.360 e. The van der Waals surface area contributed by atoms with E-state index in [1.807, 2.05) is 24.5 Å². The number of benzene rings is 2. The van der Waals surface area contributed by atoms with Crippen LogP contribution in [0.1, 0.15) is 0 Å². The molecule has 4 rings (SSSR count). The summed E-state index contributed by atoms with van der Waals surface area (Å²) in [5, 5.41) is 4.78. The predicted octanol–water partition coefficient (Wildman–Crippen LogP) is 4.24. The molecule has 0 amide bonds. The Kier molecular flexibility index (Phi) is 2.80. The maximum absolute atomic E-state index is 6.80. The van der Waals surface area contributed by atoms with Crippen LogP contribution in [-0.4, -0.2) is 9.97 Å². The summed E-state index contributed by atoms with van der Waals surface area (Å²) < 4.78 is 0. The highest BCUT2D eigenvalue weighted by Crippen LogP contribution is 2.43. The van der Waals surface area contributed by atoms with Crippen molar-refractivity contribution in [1.82, 2.24) is 9.97 Å². The van der Waals surface area contributed by atoms with Gasteiger partial charge in [-0.3, -0.25) is 0 Å². The second kappa shape index (κ2) is 4.66. The summed E-state index contributed by atoms with van der Waals surface area (Å²) >= 11 is 6.80. The lowest BCUT2D eigenvalue weighted by atomic mass is 10.2. The molecular formula is C16H12ClN2P. The van der Waals surface area contributed by atoms with E-state index in [1.54, 1.807) is 0 Å². The maximum atomic E-state index is 6.80. The number of aromatic nitrogens is 2. The van der Waals surface area contributed by atoms with E-state index in [9.17, 15) is 0 Å². The van der Waals surface area contributed by atoms with Crippen molar-refractivity contribution >= 4 is 50.9 Å². The minimum absolute atomic E-state index is 0.887. The van der Waals surface area contributed by atoms with E-state index in [0.29, 0.717) is 0 Å². The highest BCUT2D eigenvalue weighted by Gasteiger charge is 2.18. The zero-order valence-electron chi connectivity index (χ0n) is 10.6. The van der Waals surface area contributed by atoms with Crippen LogP contribution in [0.5, 0.6) is 0 Å². The molecular weight excluding hydrogens is 287 g/mol. The van der Waals surface area contributed by atoms with E-state index < -0.39 is 7.27 Å². The van der Waals surface area contributed by atoms with Crippen molar-refractivity contribution in [2.45, 2.75) is 0 Å². The number of rotatable bonds is 2. The van der Waals surface area contributed by atoms with Crippen LogP contribution in [0.4, 0.5) is 0 Å². The molecule has 2 nitrogen and oxygen atoms in total. The van der Waals surface area contributed by atoms with E-state index in [2.05, 4.69) is 46.4 Å². The maximum Gasteiger partial charge on any atom is 0.0567 e. The highest BCUT2D eigenvalue weighted by molar-refractivity contribution is 7.96. The fourth-order valence-corrected chi connectivity index (χ4v) is 4.83. The van der Waals surface area contributed by atoms with Gasteiger partial charge < -0.3 is 9.97 Å². The van der Waals surface area contributed by atoms with Gasteiger partial charge >= 0.3 is 0 Å². The molecule has 0 aliphatic rings. The molecule has 0 saturated carbocycles. The molecule has 98 valence electrons. The fourth-order valence-electron chi connectivity index (χ4n) is 2.57. The van der Waals surface area contributed by atoms with Gasteiger partial charge in [0.15, 0.2) is 0 Å².